The van der Waals surface area contributed by atoms with E-state index in [0.717, 1.165) is 10.8 Å². The molecule has 0 amide bonds. The molecule has 0 aromatic heterocycles. The molecule has 1 aromatic rings. The highest BCUT2D eigenvalue weighted by atomic mass is 32.2. The maximum atomic E-state index is 8.79. The Morgan fingerprint density at radius 2 is 2.06 bits per heavy atom. The van der Waals surface area contributed by atoms with Gasteiger partial charge in [-0.05, 0) is 50.1 Å². The zero-order valence-corrected chi connectivity index (χ0v) is 11.8. The van der Waals surface area contributed by atoms with Crippen LogP contribution in [0.1, 0.15) is 43.4 Å². The monoisotopic (exact) mass is 260 g/mol. The van der Waals surface area contributed by atoms with Crippen molar-refractivity contribution in [2.45, 2.75) is 43.5 Å². The molecule has 1 saturated carbocycles. The largest absolute Gasteiger partial charge is 0.307 e. The molecule has 0 saturated heterocycles. The highest BCUT2D eigenvalue weighted by molar-refractivity contribution is 7.99. The average molecular weight is 260 g/mol. The molecular weight excluding hydrogens is 240 g/mol. The summed E-state index contributed by atoms with van der Waals surface area (Å²) in [6, 6.07) is 11.1. The number of hydrogen-bond acceptors (Lipinski definition) is 3. The van der Waals surface area contributed by atoms with Gasteiger partial charge in [0.25, 0.3) is 0 Å². The van der Waals surface area contributed by atoms with Crippen LogP contribution in [0.15, 0.2) is 24.3 Å². The second kappa shape index (κ2) is 6.26. The molecule has 1 fully saturated rings. The number of rotatable bonds is 4. The minimum Gasteiger partial charge on any atom is -0.307 e. The number of nitriles is 1. The lowest BCUT2D eigenvalue weighted by Crippen LogP contribution is -2.29. The number of benzene rings is 1. The standard InChI is InChI=1S/C15H20N2S/c1-11(13-5-3-12(10-16)4-6-13)17-14-7-8-15(9-14)18-2/h3-6,11,14-15,17H,7-9H2,1-2H3. The first-order valence-corrected chi connectivity index (χ1v) is 7.80. The van der Waals surface area contributed by atoms with Crippen molar-refractivity contribution < 1.29 is 0 Å². The normalized spacial score (nSPS) is 24.7. The second-order valence-electron chi connectivity index (χ2n) is 4.99. The van der Waals surface area contributed by atoms with Gasteiger partial charge < -0.3 is 5.32 Å². The summed E-state index contributed by atoms with van der Waals surface area (Å²) < 4.78 is 0. The molecule has 2 nitrogen and oxygen atoms in total. The van der Waals surface area contributed by atoms with Crippen molar-refractivity contribution in [3.63, 3.8) is 0 Å². The molecule has 0 spiro atoms. The van der Waals surface area contributed by atoms with Crippen molar-refractivity contribution in [2.75, 3.05) is 6.26 Å². The van der Waals surface area contributed by atoms with Crippen LogP contribution in [-0.4, -0.2) is 17.5 Å². The SMILES string of the molecule is CSC1CCC(NC(C)c2ccc(C#N)cc2)C1. The average Bonchev–Trinajstić information content (AvgIpc) is 2.86. The topological polar surface area (TPSA) is 35.8 Å². The summed E-state index contributed by atoms with van der Waals surface area (Å²) in [5.41, 5.74) is 2.00. The molecule has 0 heterocycles. The Hall–Kier alpha value is -0.980. The fourth-order valence-corrected chi connectivity index (χ4v) is 3.40. The number of thioether (sulfide) groups is 1. The van der Waals surface area contributed by atoms with Crippen LogP contribution < -0.4 is 5.32 Å². The number of hydrogen-bond donors (Lipinski definition) is 1. The van der Waals surface area contributed by atoms with E-state index in [9.17, 15) is 0 Å². The van der Waals surface area contributed by atoms with Crippen molar-refractivity contribution >= 4 is 11.8 Å². The zero-order chi connectivity index (χ0) is 13.0. The Morgan fingerprint density at radius 3 is 2.61 bits per heavy atom. The van der Waals surface area contributed by atoms with E-state index in [4.69, 9.17) is 5.26 Å². The van der Waals surface area contributed by atoms with E-state index in [2.05, 4.69) is 36.7 Å². The van der Waals surface area contributed by atoms with Crippen molar-refractivity contribution in [3.8, 4) is 6.07 Å². The van der Waals surface area contributed by atoms with Crippen LogP contribution >= 0.6 is 11.8 Å². The molecule has 96 valence electrons. The highest BCUT2D eigenvalue weighted by Crippen LogP contribution is 2.29. The summed E-state index contributed by atoms with van der Waals surface area (Å²) in [5.74, 6) is 0. The van der Waals surface area contributed by atoms with E-state index in [1.54, 1.807) is 0 Å². The molecule has 0 aliphatic heterocycles. The van der Waals surface area contributed by atoms with Crippen molar-refractivity contribution in [1.29, 1.82) is 5.26 Å². The first-order valence-electron chi connectivity index (χ1n) is 6.52. The third-order valence-corrected chi connectivity index (χ3v) is 4.84. The quantitative estimate of drug-likeness (QED) is 0.900. The summed E-state index contributed by atoms with van der Waals surface area (Å²) in [7, 11) is 0. The highest BCUT2D eigenvalue weighted by Gasteiger charge is 2.24. The molecule has 1 aliphatic rings. The Morgan fingerprint density at radius 1 is 1.33 bits per heavy atom. The van der Waals surface area contributed by atoms with Gasteiger partial charge in [-0.15, -0.1) is 0 Å². The summed E-state index contributed by atoms with van der Waals surface area (Å²) in [6.45, 7) is 2.20. The van der Waals surface area contributed by atoms with Crippen LogP contribution in [0.3, 0.4) is 0 Å². The van der Waals surface area contributed by atoms with Gasteiger partial charge in [-0.25, -0.2) is 0 Å². The van der Waals surface area contributed by atoms with Gasteiger partial charge in [-0.2, -0.15) is 17.0 Å². The minimum atomic E-state index is 0.364. The molecule has 3 heteroatoms. The van der Waals surface area contributed by atoms with Gasteiger partial charge >= 0.3 is 0 Å². The molecule has 18 heavy (non-hydrogen) atoms. The summed E-state index contributed by atoms with van der Waals surface area (Å²) in [4.78, 5) is 0. The van der Waals surface area contributed by atoms with Crippen LogP contribution in [-0.2, 0) is 0 Å². The molecule has 2 rings (SSSR count). The molecule has 1 N–H and O–H groups in total. The van der Waals surface area contributed by atoms with E-state index < -0.39 is 0 Å². The first-order chi connectivity index (χ1) is 8.72. The molecule has 3 atom stereocenters. The van der Waals surface area contributed by atoms with E-state index >= 15 is 0 Å². The Bertz CT molecular complexity index is 421. The third-order valence-electron chi connectivity index (χ3n) is 3.74. The third kappa shape index (κ3) is 3.28. The molecule has 0 radical (unpaired) electrons. The Balaban J connectivity index is 1.91. The van der Waals surface area contributed by atoms with Crippen molar-refractivity contribution in [3.05, 3.63) is 35.4 Å². The lowest BCUT2D eigenvalue weighted by Gasteiger charge is -2.20. The van der Waals surface area contributed by atoms with Gasteiger partial charge in [-0.3, -0.25) is 0 Å². The smallest absolute Gasteiger partial charge is 0.0991 e. The van der Waals surface area contributed by atoms with Crippen LogP contribution in [0.5, 0.6) is 0 Å². The molecule has 1 aromatic carbocycles. The predicted molar refractivity (Wildman–Crippen MR) is 77.6 cm³/mol. The van der Waals surface area contributed by atoms with E-state index in [1.165, 1.54) is 24.8 Å². The maximum Gasteiger partial charge on any atom is 0.0991 e. The lowest BCUT2D eigenvalue weighted by molar-refractivity contribution is 0.462. The fraction of sp³-hybridized carbons (Fsp3) is 0.533. The van der Waals surface area contributed by atoms with Gasteiger partial charge in [0.2, 0.25) is 0 Å². The fourth-order valence-electron chi connectivity index (χ4n) is 2.60. The number of nitrogens with one attached hydrogen (secondary N) is 1. The molecular formula is C15H20N2S. The van der Waals surface area contributed by atoms with E-state index in [1.807, 2.05) is 23.9 Å². The minimum absolute atomic E-state index is 0.364. The van der Waals surface area contributed by atoms with Crippen molar-refractivity contribution in [2.24, 2.45) is 0 Å². The van der Waals surface area contributed by atoms with Gasteiger partial charge in [0.05, 0.1) is 11.6 Å². The van der Waals surface area contributed by atoms with Gasteiger partial charge in [0.15, 0.2) is 0 Å². The van der Waals surface area contributed by atoms with Crippen LogP contribution in [0, 0.1) is 11.3 Å². The van der Waals surface area contributed by atoms with Crippen LogP contribution in [0.25, 0.3) is 0 Å². The lowest BCUT2D eigenvalue weighted by atomic mass is 10.1. The summed E-state index contributed by atoms with van der Waals surface area (Å²) in [5, 5.41) is 13.3. The van der Waals surface area contributed by atoms with Gasteiger partial charge in [0, 0.05) is 17.3 Å². The van der Waals surface area contributed by atoms with Crippen LogP contribution in [0.2, 0.25) is 0 Å². The predicted octanol–water partition coefficient (Wildman–Crippen LogP) is 3.49. The number of nitrogens with zero attached hydrogens (tertiary/aromatic N) is 1. The van der Waals surface area contributed by atoms with E-state index in [0.29, 0.717) is 12.1 Å². The second-order valence-corrected chi connectivity index (χ2v) is 6.13. The molecule has 3 unspecified atom stereocenters. The van der Waals surface area contributed by atoms with Gasteiger partial charge in [-0.1, -0.05) is 12.1 Å². The molecule has 0 bridgehead atoms. The van der Waals surface area contributed by atoms with E-state index in [-0.39, 0.29) is 0 Å². The molecule has 1 aliphatic carbocycles. The Labute approximate surface area is 114 Å². The van der Waals surface area contributed by atoms with Gasteiger partial charge in [0.1, 0.15) is 0 Å². The first kappa shape index (κ1) is 13.5. The summed E-state index contributed by atoms with van der Waals surface area (Å²) in [6.07, 6.45) is 6.10. The van der Waals surface area contributed by atoms with Crippen molar-refractivity contribution in [1.82, 2.24) is 5.32 Å². The summed E-state index contributed by atoms with van der Waals surface area (Å²) >= 11 is 1.99. The van der Waals surface area contributed by atoms with Crippen LogP contribution in [0.4, 0.5) is 0 Å². The zero-order valence-electron chi connectivity index (χ0n) is 11.0. The Kier molecular flexibility index (Phi) is 4.68. The maximum absolute atomic E-state index is 8.79.